The fraction of sp³-hybridized carbons (Fsp3) is 0.300. The monoisotopic (exact) mass is 356 g/mol. The summed E-state index contributed by atoms with van der Waals surface area (Å²) in [5.41, 5.74) is 2.03. The summed E-state index contributed by atoms with van der Waals surface area (Å²) >= 11 is 0. The predicted molar refractivity (Wildman–Crippen MR) is 99.4 cm³/mol. The van der Waals surface area contributed by atoms with Crippen molar-refractivity contribution in [2.45, 2.75) is 13.3 Å². The molecule has 2 amide bonds. The summed E-state index contributed by atoms with van der Waals surface area (Å²) in [7, 11) is 1.60. The number of nitrogens with one attached hydrogen (secondary N) is 2. The Morgan fingerprint density at radius 2 is 1.69 bits per heavy atom. The molecule has 0 saturated carbocycles. The van der Waals surface area contributed by atoms with Crippen LogP contribution in [0.25, 0.3) is 0 Å². The number of ether oxygens (including phenoxy) is 2. The van der Waals surface area contributed by atoms with E-state index in [4.69, 9.17) is 9.47 Å². The van der Waals surface area contributed by atoms with Gasteiger partial charge >= 0.3 is 0 Å². The summed E-state index contributed by atoms with van der Waals surface area (Å²) in [6.07, 6.45) is 0.259. The van der Waals surface area contributed by atoms with Crippen molar-refractivity contribution in [2.75, 3.05) is 26.8 Å². The maximum absolute atomic E-state index is 11.9. The number of carbonyl (C=O) groups is 2. The molecule has 0 aliphatic rings. The van der Waals surface area contributed by atoms with Gasteiger partial charge in [-0.2, -0.15) is 0 Å². The van der Waals surface area contributed by atoms with Crippen LogP contribution < -0.4 is 20.1 Å². The minimum absolute atomic E-state index is 0.0484. The Labute approximate surface area is 153 Å². The van der Waals surface area contributed by atoms with E-state index in [1.807, 2.05) is 31.2 Å². The van der Waals surface area contributed by atoms with E-state index in [0.29, 0.717) is 18.9 Å². The highest BCUT2D eigenvalue weighted by atomic mass is 16.5. The zero-order valence-corrected chi connectivity index (χ0v) is 15.1. The third-order valence-electron chi connectivity index (χ3n) is 3.65. The SMILES string of the molecule is COc1ccc(OCCNC(=O)CNC(=O)Cc2cccc(C)c2)cc1. The van der Waals surface area contributed by atoms with Crippen LogP contribution in [0.3, 0.4) is 0 Å². The van der Waals surface area contributed by atoms with Gasteiger partial charge in [0.2, 0.25) is 11.8 Å². The standard InChI is InChI=1S/C20H24N2O4/c1-15-4-3-5-16(12-15)13-19(23)22-14-20(24)21-10-11-26-18-8-6-17(25-2)7-9-18/h3-9,12H,10-11,13-14H2,1-2H3,(H,21,24)(H,22,23). The van der Waals surface area contributed by atoms with E-state index in [9.17, 15) is 9.59 Å². The summed E-state index contributed by atoms with van der Waals surface area (Å²) in [6.45, 7) is 2.63. The Balaban J connectivity index is 1.60. The Hall–Kier alpha value is -3.02. The third-order valence-corrected chi connectivity index (χ3v) is 3.65. The van der Waals surface area contributed by atoms with Crippen LogP contribution in [0.2, 0.25) is 0 Å². The number of hydrogen-bond acceptors (Lipinski definition) is 4. The smallest absolute Gasteiger partial charge is 0.239 e. The van der Waals surface area contributed by atoms with Gasteiger partial charge in [-0.1, -0.05) is 29.8 Å². The van der Waals surface area contributed by atoms with Crippen LogP contribution in [0.1, 0.15) is 11.1 Å². The average Bonchev–Trinajstić information content (AvgIpc) is 2.64. The first-order valence-corrected chi connectivity index (χ1v) is 8.42. The van der Waals surface area contributed by atoms with Gasteiger partial charge in [-0.25, -0.2) is 0 Å². The number of carbonyl (C=O) groups excluding carboxylic acids is 2. The fourth-order valence-corrected chi connectivity index (χ4v) is 2.34. The van der Waals surface area contributed by atoms with Crippen LogP contribution in [0.4, 0.5) is 0 Å². The molecule has 0 atom stereocenters. The van der Waals surface area contributed by atoms with Gasteiger partial charge in [0.15, 0.2) is 0 Å². The number of hydrogen-bond donors (Lipinski definition) is 2. The van der Waals surface area contributed by atoms with E-state index in [2.05, 4.69) is 10.6 Å². The van der Waals surface area contributed by atoms with Crippen molar-refractivity contribution < 1.29 is 19.1 Å². The number of methoxy groups -OCH3 is 1. The lowest BCUT2D eigenvalue weighted by Gasteiger charge is -2.09. The van der Waals surface area contributed by atoms with Crippen molar-refractivity contribution in [3.8, 4) is 11.5 Å². The largest absolute Gasteiger partial charge is 0.497 e. The van der Waals surface area contributed by atoms with Crippen molar-refractivity contribution in [2.24, 2.45) is 0 Å². The molecule has 26 heavy (non-hydrogen) atoms. The van der Waals surface area contributed by atoms with E-state index < -0.39 is 0 Å². The highest BCUT2D eigenvalue weighted by Crippen LogP contribution is 2.16. The fourth-order valence-electron chi connectivity index (χ4n) is 2.34. The summed E-state index contributed by atoms with van der Waals surface area (Å²) in [4.78, 5) is 23.6. The summed E-state index contributed by atoms with van der Waals surface area (Å²) in [5.74, 6) is 1.03. The summed E-state index contributed by atoms with van der Waals surface area (Å²) < 4.78 is 10.6. The molecule has 0 unspecified atom stereocenters. The molecule has 2 N–H and O–H groups in total. The molecule has 2 aromatic carbocycles. The van der Waals surface area contributed by atoms with Crippen LogP contribution in [-0.2, 0) is 16.0 Å². The number of benzene rings is 2. The quantitative estimate of drug-likeness (QED) is 0.673. The molecule has 2 aromatic rings. The van der Waals surface area contributed by atoms with Crippen LogP contribution in [0.5, 0.6) is 11.5 Å². The molecule has 0 radical (unpaired) electrons. The normalized spacial score (nSPS) is 10.1. The van der Waals surface area contributed by atoms with Gasteiger partial charge in [-0.05, 0) is 36.8 Å². The molecule has 0 aromatic heterocycles. The van der Waals surface area contributed by atoms with Crippen molar-refractivity contribution in [1.29, 1.82) is 0 Å². The third kappa shape index (κ3) is 6.84. The van der Waals surface area contributed by atoms with Gasteiger partial charge in [0.1, 0.15) is 18.1 Å². The summed E-state index contributed by atoms with van der Waals surface area (Å²) in [5, 5.41) is 5.32. The van der Waals surface area contributed by atoms with E-state index in [0.717, 1.165) is 16.9 Å². The second-order valence-electron chi connectivity index (χ2n) is 5.82. The molecule has 0 fully saturated rings. The van der Waals surface area contributed by atoms with Crippen LogP contribution >= 0.6 is 0 Å². The minimum atomic E-state index is -0.249. The Bertz CT molecular complexity index is 729. The molecule has 6 nitrogen and oxygen atoms in total. The Kier molecular flexibility index (Phi) is 7.49. The van der Waals surface area contributed by atoms with Gasteiger partial charge in [-0.3, -0.25) is 9.59 Å². The van der Waals surface area contributed by atoms with Crippen LogP contribution in [0, 0.1) is 6.92 Å². The second-order valence-corrected chi connectivity index (χ2v) is 5.82. The maximum atomic E-state index is 11.9. The highest BCUT2D eigenvalue weighted by molar-refractivity contribution is 5.85. The van der Waals surface area contributed by atoms with Crippen molar-refractivity contribution in [1.82, 2.24) is 10.6 Å². The molecule has 0 heterocycles. The van der Waals surface area contributed by atoms with Crippen LogP contribution in [0.15, 0.2) is 48.5 Å². The molecule has 0 spiro atoms. The molecular formula is C20H24N2O4. The van der Waals surface area contributed by atoms with Gasteiger partial charge in [-0.15, -0.1) is 0 Å². The van der Waals surface area contributed by atoms with Gasteiger partial charge < -0.3 is 20.1 Å². The van der Waals surface area contributed by atoms with Crippen LogP contribution in [-0.4, -0.2) is 38.6 Å². The number of amides is 2. The average molecular weight is 356 g/mol. The van der Waals surface area contributed by atoms with Crippen molar-refractivity contribution >= 4 is 11.8 Å². The topological polar surface area (TPSA) is 76.7 Å². The van der Waals surface area contributed by atoms with Gasteiger partial charge in [0, 0.05) is 0 Å². The van der Waals surface area contributed by atoms with Gasteiger partial charge in [0.05, 0.1) is 26.6 Å². The first-order chi connectivity index (χ1) is 12.6. The summed E-state index contributed by atoms with van der Waals surface area (Å²) in [6, 6.07) is 14.9. The maximum Gasteiger partial charge on any atom is 0.239 e. The van der Waals surface area contributed by atoms with Crippen molar-refractivity contribution in [3.63, 3.8) is 0 Å². The molecular weight excluding hydrogens is 332 g/mol. The molecule has 0 aliphatic carbocycles. The first kappa shape index (κ1) is 19.3. The highest BCUT2D eigenvalue weighted by Gasteiger charge is 2.06. The number of rotatable bonds is 9. The zero-order chi connectivity index (χ0) is 18.8. The minimum Gasteiger partial charge on any atom is -0.497 e. The Morgan fingerprint density at radius 3 is 2.38 bits per heavy atom. The van der Waals surface area contributed by atoms with E-state index in [-0.39, 0.29) is 24.8 Å². The molecule has 2 rings (SSSR count). The molecule has 0 saturated heterocycles. The number of aryl methyl sites for hydroxylation is 1. The molecule has 138 valence electrons. The van der Waals surface area contributed by atoms with E-state index in [1.165, 1.54) is 0 Å². The lowest BCUT2D eigenvalue weighted by molar-refractivity contribution is -0.125. The van der Waals surface area contributed by atoms with E-state index >= 15 is 0 Å². The molecule has 0 aliphatic heterocycles. The van der Waals surface area contributed by atoms with E-state index in [1.54, 1.807) is 31.4 Å². The predicted octanol–water partition coefficient (Wildman–Crippen LogP) is 1.86. The zero-order valence-electron chi connectivity index (χ0n) is 15.1. The second kappa shape index (κ2) is 10.1. The molecule has 0 bridgehead atoms. The van der Waals surface area contributed by atoms with Crippen molar-refractivity contribution in [3.05, 3.63) is 59.7 Å². The lowest BCUT2D eigenvalue weighted by atomic mass is 10.1. The first-order valence-electron chi connectivity index (χ1n) is 8.42. The lowest BCUT2D eigenvalue weighted by Crippen LogP contribution is -2.39. The Morgan fingerprint density at radius 1 is 0.962 bits per heavy atom. The molecule has 6 heteroatoms. The van der Waals surface area contributed by atoms with Gasteiger partial charge in [0.25, 0.3) is 0 Å².